The van der Waals surface area contributed by atoms with E-state index in [0.717, 1.165) is 28.5 Å². The van der Waals surface area contributed by atoms with Gasteiger partial charge in [-0.3, -0.25) is 5.32 Å². The van der Waals surface area contributed by atoms with Crippen LogP contribution in [0.4, 0.5) is 10.6 Å². The third-order valence-corrected chi connectivity index (χ3v) is 4.82. The summed E-state index contributed by atoms with van der Waals surface area (Å²) in [6.45, 7) is 1.49. The Morgan fingerprint density at radius 3 is 2.67 bits per heavy atom. The molecule has 0 bridgehead atoms. The number of fused-ring (bicyclic) bond motifs is 1. The predicted octanol–water partition coefficient (Wildman–Crippen LogP) is 4.63. The summed E-state index contributed by atoms with van der Waals surface area (Å²) in [6, 6.07) is 19.9. The number of carbonyl (C=O) groups excluding carboxylic acids is 1. The minimum absolute atomic E-state index is 0.0915. The van der Waals surface area contributed by atoms with E-state index in [4.69, 9.17) is 0 Å². The van der Waals surface area contributed by atoms with Crippen molar-refractivity contribution >= 4 is 38.7 Å². The molecule has 0 spiro atoms. The first-order chi connectivity index (χ1) is 11.7. The minimum atomic E-state index is -0.0915. The van der Waals surface area contributed by atoms with Crippen LogP contribution in [0, 0.1) is 0 Å². The van der Waals surface area contributed by atoms with Crippen LogP contribution >= 0.6 is 15.9 Å². The number of urea groups is 1. The highest BCUT2D eigenvalue weighted by molar-refractivity contribution is 9.10. The monoisotopic (exact) mass is 381 g/mol. The standard InChI is InChI=1S/C19H16BrN3O/c20-16-7-8-17-14(10-16)6-9-18(21-17)22-19(24)23-11-15(12-23)13-4-2-1-3-5-13/h1-10,15H,11-12H2,(H,21,22,24). The van der Waals surface area contributed by atoms with E-state index in [-0.39, 0.29) is 6.03 Å². The van der Waals surface area contributed by atoms with Gasteiger partial charge >= 0.3 is 6.03 Å². The number of carbonyl (C=O) groups is 1. The lowest BCUT2D eigenvalue weighted by Crippen LogP contribution is -2.50. The number of rotatable bonds is 2. The van der Waals surface area contributed by atoms with Gasteiger partial charge in [-0.15, -0.1) is 0 Å². The van der Waals surface area contributed by atoms with Gasteiger partial charge in [-0.1, -0.05) is 46.3 Å². The predicted molar refractivity (Wildman–Crippen MR) is 99.2 cm³/mol. The highest BCUT2D eigenvalue weighted by Crippen LogP contribution is 2.27. The van der Waals surface area contributed by atoms with E-state index in [9.17, 15) is 4.79 Å². The number of anilines is 1. The zero-order valence-electron chi connectivity index (χ0n) is 12.9. The zero-order chi connectivity index (χ0) is 16.5. The lowest BCUT2D eigenvalue weighted by atomic mass is 9.92. The van der Waals surface area contributed by atoms with Crippen LogP contribution in [-0.2, 0) is 0 Å². The van der Waals surface area contributed by atoms with E-state index in [1.54, 1.807) is 0 Å². The Balaban J connectivity index is 1.41. The quantitative estimate of drug-likeness (QED) is 0.703. The fourth-order valence-corrected chi connectivity index (χ4v) is 3.31. The molecule has 0 saturated carbocycles. The molecule has 1 fully saturated rings. The van der Waals surface area contributed by atoms with Crippen molar-refractivity contribution in [2.45, 2.75) is 5.92 Å². The summed E-state index contributed by atoms with van der Waals surface area (Å²) in [7, 11) is 0. The van der Waals surface area contributed by atoms with Crippen molar-refractivity contribution in [1.82, 2.24) is 9.88 Å². The molecule has 1 saturated heterocycles. The number of hydrogen-bond acceptors (Lipinski definition) is 2. The molecule has 3 aromatic rings. The third kappa shape index (κ3) is 2.99. The fourth-order valence-electron chi connectivity index (χ4n) is 2.94. The molecule has 24 heavy (non-hydrogen) atoms. The fraction of sp³-hybridized carbons (Fsp3) is 0.158. The number of likely N-dealkylation sites (tertiary alicyclic amines) is 1. The first-order valence-electron chi connectivity index (χ1n) is 7.86. The molecule has 120 valence electrons. The van der Waals surface area contributed by atoms with Gasteiger partial charge in [0.1, 0.15) is 5.82 Å². The number of benzene rings is 2. The van der Waals surface area contributed by atoms with Gasteiger partial charge in [-0.25, -0.2) is 9.78 Å². The Hall–Kier alpha value is -2.40. The summed E-state index contributed by atoms with van der Waals surface area (Å²) < 4.78 is 1.01. The second-order valence-corrected chi connectivity index (χ2v) is 6.89. The maximum atomic E-state index is 12.3. The van der Waals surface area contributed by atoms with Crippen LogP contribution < -0.4 is 5.32 Å². The van der Waals surface area contributed by atoms with Gasteiger partial charge in [0.05, 0.1) is 5.52 Å². The summed E-state index contributed by atoms with van der Waals surface area (Å²) in [5.74, 6) is 1.01. The summed E-state index contributed by atoms with van der Waals surface area (Å²) in [6.07, 6.45) is 0. The van der Waals surface area contributed by atoms with Crippen molar-refractivity contribution in [1.29, 1.82) is 0 Å². The molecule has 1 aliphatic heterocycles. The molecule has 2 heterocycles. The van der Waals surface area contributed by atoms with Crippen LogP contribution in [0.1, 0.15) is 11.5 Å². The van der Waals surface area contributed by atoms with Crippen molar-refractivity contribution in [3.05, 3.63) is 70.7 Å². The third-order valence-electron chi connectivity index (χ3n) is 4.33. The average molecular weight is 382 g/mol. The molecular weight excluding hydrogens is 366 g/mol. The van der Waals surface area contributed by atoms with Gasteiger partial charge in [0.2, 0.25) is 0 Å². The lowest BCUT2D eigenvalue weighted by molar-refractivity contribution is 0.164. The number of amides is 2. The van der Waals surface area contributed by atoms with Crippen LogP contribution in [0.25, 0.3) is 10.9 Å². The van der Waals surface area contributed by atoms with E-state index in [1.807, 2.05) is 53.4 Å². The molecule has 1 N–H and O–H groups in total. The molecule has 1 aromatic heterocycles. The second kappa shape index (κ2) is 6.24. The van der Waals surface area contributed by atoms with Crippen LogP contribution in [0.2, 0.25) is 0 Å². The largest absolute Gasteiger partial charge is 0.323 e. The normalized spacial score (nSPS) is 14.5. The van der Waals surface area contributed by atoms with Crippen molar-refractivity contribution in [2.24, 2.45) is 0 Å². The zero-order valence-corrected chi connectivity index (χ0v) is 14.5. The molecule has 0 radical (unpaired) electrons. The number of nitrogens with one attached hydrogen (secondary N) is 1. The Morgan fingerprint density at radius 1 is 1.08 bits per heavy atom. The maximum Gasteiger partial charge on any atom is 0.323 e. The first kappa shape index (κ1) is 15.1. The molecule has 1 aliphatic rings. The van der Waals surface area contributed by atoms with Gasteiger partial charge in [0.15, 0.2) is 0 Å². The van der Waals surface area contributed by atoms with Gasteiger partial charge in [0.25, 0.3) is 0 Å². The Labute approximate surface area is 148 Å². The molecule has 4 nitrogen and oxygen atoms in total. The van der Waals surface area contributed by atoms with Gasteiger partial charge in [0, 0.05) is 28.9 Å². The topological polar surface area (TPSA) is 45.2 Å². The average Bonchev–Trinajstić information content (AvgIpc) is 2.54. The number of pyridine rings is 1. The van der Waals surface area contributed by atoms with Crippen molar-refractivity contribution in [3.63, 3.8) is 0 Å². The van der Waals surface area contributed by atoms with Crippen molar-refractivity contribution in [3.8, 4) is 0 Å². The molecule has 0 aliphatic carbocycles. The number of hydrogen-bond donors (Lipinski definition) is 1. The lowest BCUT2D eigenvalue weighted by Gasteiger charge is -2.39. The Kier molecular flexibility index (Phi) is 3.94. The molecule has 0 atom stereocenters. The summed E-state index contributed by atoms with van der Waals surface area (Å²) in [5.41, 5.74) is 2.15. The van der Waals surface area contributed by atoms with Crippen LogP contribution in [-0.4, -0.2) is 29.0 Å². The van der Waals surface area contributed by atoms with Crippen LogP contribution in [0.3, 0.4) is 0 Å². The highest BCUT2D eigenvalue weighted by Gasteiger charge is 2.31. The number of nitrogens with zero attached hydrogens (tertiary/aromatic N) is 2. The van der Waals surface area contributed by atoms with E-state index in [0.29, 0.717) is 11.7 Å². The Morgan fingerprint density at radius 2 is 1.88 bits per heavy atom. The second-order valence-electron chi connectivity index (χ2n) is 5.98. The van der Waals surface area contributed by atoms with Gasteiger partial charge < -0.3 is 4.90 Å². The SMILES string of the molecule is O=C(Nc1ccc2cc(Br)ccc2n1)N1CC(c2ccccc2)C1. The minimum Gasteiger partial charge on any atom is -0.323 e. The summed E-state index contributed by atoms with van der Waals surface area (Å²) >= 11 is 3.45. The van der Waals surface area contributed by atoms with Crippen LogP contribution in [0.5, 0.6) is 0 Å². The highest BCUT2D eigenvalue weighted by atomic mass is 79.9. The van der Waals surface area contributed by atoms with E-state index in [1.165, 1.54) is 5.56 Å². The summed E-state index contributed by atoms with van der Waals surface area (Å²) in [5, 5.41) is 3.92. The van der Waals surface area contributed by atoms with Crippen molar-refractivity contribution in [2.75, 3.05) is 18.4 Å². The molecule has 2 amide bonds. The van der Waals surface area contributed by atoms with Crippen molar-refractivity contribution < 1.29 is 4.79 Å². The molecule has 4 rings (SSSR count). The van der Waals surface area contributed by atoms with E-state index >= 15 is 0 Å². The molecule has 2 aromatic carbocycles. The van der Waals surface area contributed by atoms with Gasteiger partial charge in [-0.05, 0) is 35.9 Å². The number of aromatic nitrogens is 1. The first-order valence-corrected chi connectivity index (χ1v) is 8.65. The Bertz CT molecular complexity index is 892. The van der Waals surface area contributed by atoms with Crippen LogP contribution in [0.15, 0.2) is 65.1 Å². The molecular formula is C19H16BrN3O. The smallest absolute Gasteiger partial charge is 0.323 e. The van der Waals surface area contributed by atoms with E-state index < -0.39 is 0 Å². The number of halogens is 1. The van der Waals surface area contributed by atoms with Gasteiger partial charge in [-0.2, -0.15) is 0 Å². The maximum absolute atomic E-state index is 12.3. The summed E-state index contributed by atoms with van der Waals surface area (Å²) in [4.78, 5) is 18.6. The molecule has 5 heteroatoms. The van der Waals surface area contributed by atoms with E-state index in [2.05, 4.69) is 38.4 Å². The molecule has 0 unspecified atom stereocenters.